The highest BCUT2D eigenvalue weighted by Gasteiger charge is 2.18. The summed E-state index contributed by atoms with van der Waals surface area (Å²) in [5.41, 5.74) is 2.11. The second-order valence-corrected chi connectivity index (χ2v) is 7.34. The lowest BCUT2D eigenvalue weighted by atomic mass is 10.1. The van der Waals surface area contributed by atoms with E-state index in [1.54, 1.807) is 6.92 Å². The van der Waals surface area contributed by atoms with Gasteiger partial charge in [-0.15, -0.1) is 0 Å². The van der Waals surface area contributed by atoms with Gasteiger partial charge in [0, 0.05) is 24.4 Å². The molecule has 33 heavy (non-hydrogen) atoms. The fourth-order valence-corrected chi connectivity index (χ4v) is 3.05. The number of methoxy groups -OCH3 is 1. The van der Waals surface area contributed by atoms with Gasteiger partial charge >= 0.3 is 5.97 Å². The topological polar surface area (TPSA) is 97.8 Å². The molecule has 0 aliphatic carbocycles. The van der Waals surface area contributed by atoms with Crippen molar-refractivity contribution in [3.05, 3.63) is 89.7 Å². The first-order chi connectivity index (χ1) is 15.9. The molecule has 8 heteroatoms. The van der Waals surface area contributed by atoms with E-state index in [1.807, 2.05) is 48.5 Å². The van der Waals surface area contributed by atoms with Gasteiger partial charge in [-0.1, -0.05) is 60.7 Å². The Morgan fingerprint density at radius 1 is 1.03 bits per heavy atom. The van der Waals surface area contributed by atoms with E-state index in [0.717, 1.165) is 11.3 Å². The van der Waals surface area contributed by atoms with E-state index in [1.165, 1.54) is 24.9 Å². The molecule has 1 aromatic heterocycles. The van der Waals surface area contributed by atoms with Crippen LogP contribution in [0.4, 0.5) is 0 Å². The molecular weight excluding hydrogens is 440 g/mol. The highest BCUT2D eigenvalue weighted by molar-refractivity contribution is 7.79. The number of ether oxygens (including phenoxy) is 2. The predicted octanol–water partition coefficient (Wildman–Crippen LogP) is 3.82. The molecular formula is C25H28N2O5S. The summed E-state index contributed by atoms with van der Waals surface area (Å²) in [6.07, 6.45) is 1.59. The molecule has 0 spiro atoms. The maximum absolute atomic E-state index is 12.0. The van der Waals surface area contributed by atoms with E-state index in [0.29, 0.717) is 6.42 Å². The van der Waals surface area contributed by atoms with Crippen LogP contribution < -0.4 is 10.1 Å². The van der Waals surface area contributed by atoms with E-state index in [2.05, 4.69) is 35.1 Å². The van der Waals surface area contributed by atoms with Crippen LogP contribution in [0.3, 0.4) is 0 Å². The van der Waals surface area contributed by atoms with Gasteiger partial charge in [0.15, 0.2) is 17.2 Å². The van der Waals surface area contributed by atoms with Crippen LogP contribution in [0.5, 0.6) is 11.5 Å². The number of nitrogens with one attached hydrogen (secondary N) is 1. The van der Waals surface area contributed by atoms with Crippen molar-refractivity contribution in [3.8, 4) is 11.5 Å². The molecule has 0 fully saturated rings. The van der Waals surface area contributed by atoms with Crippen molar-refractivity contribution in [1.29, 1.82) is 0 Å². The van der Waals surface area contributed by atoms with Gasteiger partial charge in [-0.3, -0.25) is 9.59 Å². The molecule has 1 atom stereocenters. The van der Waals surface area contributed by atoms with Gasteiger partial charge in [-0.2, -0.15) is 12.6 Å². The number of amides is 1. The van der Waals surface area contributed by atoms with Crippen LogP contribution >= 0.6 is 12.6 Å². The molecule has 174 valence electrons. The number of thiol groups is 1. The molecule has 3 rings (SSSR count). The summed E-state index contributed by atoms with van der Waals surface area (Å²) in [4.78, 5) is 27.6. The Hall–Kier alpha value is -3.52. The van der Waals surface area contributed by atoms with Crippen LogP contribution in [0.2, 0.25) is 0 Å². The number of pyridine rings is 1. The third kappa shape index (κ3) is 8.86. The maximum Gasteiger partial charge on any atom is 0.325 e. The van der Waals surface area contributed by atoms with Gasteiger partial charge in [-0.05, 0) is 18.1 Å². The third-order valence-electron chi connectivity index (χ3n) is 4.44. The van der Waals surface area contributed by atoms with Gasteiger partial charge < -0.3 is 19.9 Å². The molecule has 1 unspecified atom stereocenters. The normalized spacial score (nSPS) is 10.9. The minimum absolute atomic E-state index is 0.124. The molecule has 0 aliphatic heterocycles. The molecule has 2 aromatic carbocycles. The number of carbonyl (C=O) groups excluding carboxylic acids is 2. The second kappa shape index (κ2) is 13.8. The van der Waals surface area contributed by atoms with Crippen molar-refractivity contribution in [3.63, 3.8) is 0 Å². The fraction of sp³-hybridized carbons (Fsp3) is 0.240. The van der Waals surface area contributed by atoms with Crippen LogP contribution in [0.25, 0.3) is 0 Å². The Kier molecular flexibility index (Phi) is 10.8. The Morgan fingerprint density at radius 2 is 1.64 bits per heavy atom. The Morgan fingerprint density at radius 3 is 2.18 bits per heavy atom. The van der Waals surface area contributed by atoms with Gasteiger partial charge in [0.25, 0.3) is 5.91 Å². The number of aromatic hydroxyl groups is 1. The molecule has 1 amide bonds. The SMILES string of the molecule is COc1ccnc(C(=O)NCC(=O)OC(C)Cc2ccccc2)c1O.SCc1ccccc1. The molecule has 0 radical (unpaired) electrons. The van der Waals surface area contributed by atoms with Gasteiger partial charge in [-0.25, -0.2) is 4.98 Å². The van der Waals surface area contributed by atoms with E-state index in [9.17, 15) is 14.7 Å². The van der Waals surface area contributed by atoms with Gasteiger partial charge in [0.2, 0.25) is 0 Å². The summed E-state index contributed by atoms with van der Waals surface area (Å²) in [6, 6.07) is 21.2. The average Bonchev–Trinajstić information content (AvgIpc) is 2.84. The first kappa shape index (κ1) is 25.7. The molecule has 0 saturated carbocycles. The lowest BCUT2D eigenvalue weighted by molar-refractivity contribution is -0.146. The molecule has 0 aliphatic rings. The molecule has 3 aromatic rings. The number of nitrogens with zero attached hydrogens (tertiary/aromatic N) is 1. The zero-order valence-electron chi connectivity index (χ0n) is 18.6. The van der Waals surface area contributed by atoms with E-state index in [4.69, 9.17) is 9.47 Å². The number of benzene rings is 2. The zero-order valence-corrected chi connectivity index (χ0v) is 19.5. The van der Waals surface area contributed by atoms with Crippen molar-refractivity contribution in [2.45, 2.75) is 25.2 Å². The molecule has 0 saturated heterocycles. The van der Waals surface area contributed by atoms with Crippen molar-refractivity contribution in [1.82, 2.24) is 10.3 Å². The number of carbonyl (C=O) groups is 2. The van der Waals surface area contributed by atoms with Crippen molar-refractivity contribution in [2.24, 2.45) is 0 Å². The highest BCUT2D eigenvalue weighted by atomic mass is 32.1. The number of aromatic nitrogens is 1. The smallest absolute Gasteiger partial charge is 0.325 e. The number of esters is 1. The summed E-state index contributed by atoms with van der Waals surface area (Å²) in [5, 5.41) is 12.2. The van der Waals surface area contributed by atoms with E-state index in [-0.39, 0.29) is 29.8 Å². The average molecular weight is 469 g/mol. The van der Waals surface area contributed by atoms with Crippen LogP contribution in [-0.4, -0.2) is 41.7 Å². The zero-order chi connectivity index (χ0) is 24.1. The maximum atomic E-state index is 12.0. The summed E-state index contributed by atoms with van der Waals surface area (Å²) in [6.45, 7) is 1.46. The van der Waals surface area contributed by atoms with Gasteiger partial charge in [0.1, 0.15) is 12.6 Å². The molecule has 2 N–H and O–H groups in total. The molecule has 1 heterocycles. The van der Waals surface area contributed by atoms with Crippen LogP contribution in [0.15, 0.2) is 72.9 Å². The van der Waals surface area contributed by atoms with E-state index >= 15 is 0 Å². The van der Waals surface area contributed by atoms with Crippen LogP contribution in [-0.2, 0) is 21.7 Å². The van der Waals surface area contributed by atoms with Gasteiger partial charge in [0.05, 0.1) is 7.11 Å². The molecule has 7 nitrogen and oxygen atoms in total. The number of hydrogen-bond acceptors (Lipinski definition) is 7. The predicted molar refractivity (Wildman–Crippen MR) is 130 cm³/mol. The lowest BCUT2D eigenvalue weighted by Gasteiger charge is -2.14. The Labute approximate surface area is 199 Å². The summed E-state index contributed by atoms with van der Waals surface area (Å²) < 4.78 is 10.2. The monoisotopic (exact) mass is 468 g/mol. The minimum Gasteiger partial charge on any atom is -0.503 e. The van der Waals surface area contributed by atoms with Crippen LogP contribution in [0, 0.1) is 0 Å². The van der Waals surface area contributed by atoms with Crippen molar-refractivity contribution in [2.75, 3.05) is 13.7 Å². The molecule has 0 bridgehead atoms. The second-order valence-electron chi connectivity index (χ2n) is 7.03. The highest BCUT2D eigenvalue weighted by Crippen LogP contribution is 2.27. The fourth-order valence-electron chi connectivity index (χ4n) is 2.84. The van der Waals surface area contributed by atoms with E-state index < -0.39 is 11.9 Å². The summed E-state index contributed by atoms with van der Waals surface area (Å²) >= 11 is 4.11. The first-order valence-corrected chi connectivity index (χ1v) is 11.0. The first-order valence-electron chi connectivity index (χ1n) is 10.3. The lowest BCUT2D eigenvalue weighted by Crippen LogP contribution is -2.33. The standard InChI is InChI=1S/C18H20N2O5.C7H8S/c1-12(10-13-6-4-3-5-7-13)25-15(21)11-20-18(23)16-17(22)14(24-2)8-9-19-16;8-6-7-4-2-1-3-5-7/h3-9,12,22H,10-11H2,1-2H3,(H,20,23);1-5,8H,6H2. The summed E-state index contributed by atoms with van der Waals surface area (Å²) in [7, 11) is 1.36. The number of hydrogen-bond donors (Lipinski definition) is 3. The Balaban J connectivity index is 0.000000405. The largest absolute Gasteiger partial charge is 0.503 e. The van der Waals surface area contributed by atoms with Crippen LogP contribution in [0.1, 0.15) is 28.5 Å². The summed E-state index contributed by atoms with van der Waals surface area (Å²) in [5.74, 6) is -0.684. The van der Waals surface area contributed by atoms with Crippen molar-refractivity contribution >= 4 is 24.5 Å². The number of rotatable bonds is 8. The Bertz CT molecular complexity index is 1020. The minimum atomic E-state index is -0.691. The third-order valence-corrected chi connectivity index (χ3v) is 4.80. The van der Waals surface area contributed by atoms with Crippen molar-refractivity contribution < 1.29 is 24.2 Å². The quantitative estimate of drug-likeness (QED) is 0.344.